The Morgan fingerprint density at radius 3 is 1.98 bits per heavy atom. The molecule has 2 aromatic carbocycles. The Kier molecular flexibility index (Phi) is 7.22. The number of aryl methyl sites for hydroxylation is 2. The predicted octanol–water partition coefficient (Wildman–Crippen LogP) is 4.08. The maximum atomic E-state index is 14.3. The molecule has 0 bridgehead atoms. The number of nitro groups is 2. The topological polar surface area (TPSA) is 185 Å². The highest BCUT2D eigenvalue weighted by Crippen LogP contribution is 2.65. The van der Waals surface area contributed by atoms with Crippen LogP contribution in [0.4, 0.5) is 22.7 Å². The fraction of sp³-hybridized carbons (Fsp3) is 0.419. The van der Waals surface area contributed by atoms with Gasteiger partial charge < -0.3 is 10.0 Å². The van der Waals surface area contributed by atoms with Gasteiger partial charge in [-0.15, -0.1) is 23.2 Å². The third-order valence-electron chi connectivity index (χ3n) is 10.0. The average molecular weight is 687 g/mol. The largest absolute Gasteiger partial charge is 0.507 e. The molecule has 2 aromatic rings. The average Bonchev–Trinajstić information content (AvgIpc) is 3.33. The van der Waals surface area contributed by atoms with Crippen LogP contribution in [0.2, 0.25) is 0 Å². The van der Waals surface area contributed by atoms with Gasteiger partial charge in [0.1, 0.15) is 5.75 Å². The summed E-state index contributed by atoms with van der Waals surface area (Å²) in [6.07, 6.45) is 1.46. The van der Waals surface area contributed by atoms with Crippen molar-refractivity contribution in [1.29, 1.82) is 0 Å². The quantitative estimate of drug-likeness (QED) is 0.158. The molecule has 14 nitrogen and oxygen atoms in total. The lowest BCUT2D eigenvalue weighted by Crippen LogP contribution is -2.60. The number of amides is 4. The number of anilines is 2. The van der Waals surface area contributed by atoms with Crippen molar-refractivity contribution < 1.29 is 34.1 Å². The van der Waals surface area contributed by atoms with Crippen LogP contribution in [0.25, 0.3) is 0 Å². The maximum Gasteiger partial charge on any atom is 0.301 e. The van der Waals surface area contributed by atoms with E-state index < -0.39 is 78.3 Å². The van der Waals surface area contributed by atoms with Gasteiger partial charge in [-0.05, 0) is 49.3 Å². The molecule has 1 saturated carbocycles. The highest BCUT2D eigenvalue weighted by Gasteiger charge is 2.76. The Balaban J connectivity index is 1.52. The zero-order valence-corrected chi connectivity index (χ0v) is 27.3. The number of aromatic hydroxyl groups is 1. The fourth-order valence-corrected chi connectivity index (χ4v) is 9.00. The van der Waals surface area contributed by atoms with Gasteiger partial charge in [0.25, 0.3) is 11.8 Å². The van der Waals surface area contributed by atoms with Crippen LogP contribution in [0.15, 0.2) is 35.9 Å². The Morgan fingerprint density at radius 1 is 0.915 bits per heavy atom. The smallest absolute Gasteiger partial charge is 0.301 e. The number of hydrogen-bond acceptors (Lipinski definition) is 10. The summed E-state index contributed by atoms with van der Waals surface area (Å²) in [5.41, 5.74) is -0.0485. The molecule has 47 heavy (non-hydrogen) atoms. The molecule has 2 heterocycles. The molecule has 0 unspecified atom stereocenters. The Labute approximate surface area is 277 Å². The Bertz CT molecular complexity index is 1840. The van der Waals surface area contributed by atoms with E-state index in [-0.39, 0.29) is 30.0 Å². The molecule has 2 saturated heterocycles. The Morgan fingerprint density at radius 2 is 1.47 bits per heavy atom. The van der Waals surface area contributed by atoms with Crippen molar-refractivity contribution >= 4 is 69.6 Å². The number of carbonyl (C=O) groups excluding carboxylic acids is 4. The molecule has 6 atom stereocenters. The van der Waals surface area contributed by atoms with Crippen LogP contribution in [-0.2, 0) is 19.2 Å². The van der Waals surface area contributed by atoms with E-state index in [1.165, 1.54) is 26.0 Å². The normalized spacial score (nSPS) is 29.8. The zero-order valence-electron chi connectivity index (χ0n) is 25.8. The molecule has 246 valence electrons. The summed E-state index contributed by atoms with van der Waals surface area (Å²) < 4.78 is 0. The van der Waals surface area contributed by atoms with E-state index in [9.17, 15) is 44.5 Å². The zero-order chi connectivity index (χ0) is 34.7. The van der Waals surface area contributed by atoms with Gasteiger partial charge in [0.15, 0.2) is 15.4 Å². The van der Waals surface area contributed by atoms with Crippen LogP contribution in [0.5, 0.6) is 5.75 Å². The van der Waals surface area contributed by atoms with E-state index in [0.717, 1.165) is 21.9 Å². The van der Waals surface area contributed by atoms with Gasteiger partial charge in [-0.2, -0.15) is 0 Å². The van der Waals surface area contributed by atoms with Gasteiger partial charge in [0.05, 0.1) is 27.4 Å². The first-order valence-electron chi connectivity index (χ1n) is 14.6. The molecule has 6 rings (SSSR count). The van der Waals surface area contributed by atoms with Crippen molar-refractivity contribution in [3.63, 3.8) is 0 Å². The number of phenolic OH excluding ortho intramolecular Hbond substituents is 1. The minimum Gasteiger partial charge on any atom is -0.507 e. The molecule has 4 aliphatic rings. The van der Waals surface area contributed by atoms with Crippen LogP contribution < -0.4 is 9.80 Å². The highest BCUT2D eigenvalue weighted by molar-refractivity contribution is 6.53. The second kappa shape index (κ2) is 10.5. The van der Waals surface area contributed by atoms with Crippen LogP contribution in [0.1, 0.15) is 35.4 Å². The van der Waals surface area contributed by atoms with Crippen molar-refractivity contribution in [2.75, 3.05) is 30.9 Å². The first kappa shape index (κ1) is 32.4. The summed E-state index contributed by atoms with van der Waals surface area (Å²) >= 11 is 14.4. The van der Waals surface area contributed by atoms with E-state index >= 15 is 0 Å². The number of likely N-dealkylation sites (tertiary alicyclic amines) is 1. The molecule has 3 fully saturated rings. The summed E-state index contributed by atoms with van der Waals surface area (Å²) in [7, 11) is 4.06. The number of alkyl halides is 2. The van der Waals surface area contributed by atoms with Crippen molar-refractivity contribution in [3.05, 3.63) is 72.8 Å². The fourth-order valence-electron chi connectivity index (χ4n) is 7.98. The molecule has 0 radical (unpaired) electrons. The van der Waals surface area contributed by atoms with Gasteiger partial charge in [0.2, 0.25) is 11.8 Å². The van der Waals surface area contributed by atoms with Gasteiger partial charge in [0, 0.05) is 39.2 Å². The lowest BCUT2D eigenvalue weighted by Gasteiger charge is -2.51. The SMILES string of the molecule is Cc1cc([C@H]2C3=CC[C@@H]4C(=O)N(c5cc([N+](=O)[O-])c(N(C)C)c([N+](=O)[O-])c5)C(=O)[C@@H]4[C@@H]3C[C@@]3(Cl)C(=O)N(C)C(=O)[C@@]23Cl)cc(C)c1O. The van der Waals surface area contributed by atoms with E-state index in [1.54, 1.807) is 32.1 Å². The summed E-state index contributed by atoms with van der Waals surface area (Å²) in [5, 5.41) is 34.5. The van der Waals surface area contributed by atoms with Crippen molar-refractivity contribution in [3.8, 4) is 5.75 Å². The summed E-state index contributed by atoms with van der Waals surface area (Å²) in [6.45, 7) is 3.33. The number of carbonyl (C=O) groups is 4. The molecule has 0 aromatic heterocycles. The Hall–Kier alpha value is -4.56. The number of benzene rings is 2. The highest BCUT2D eigenvalue weighted by atomic mass is 35.5. The molecule has 0 spiro atoms. The van der Waals surface area contributed by atoms with Gasteiger partial charge in [-0.1, -0.05) is 23.8 Å². The summed E-state index contributed by atoms with van der Waals surface area (Å²) in [6, 6.07) is 5.18. The number of nitrogens with zero attached hydrogens (tertiary/aromatic N) is 5. The molecular formula is C31H29Cl2N5O9. The van der Waals surface area contributed by atoms with E-state index in [2.05, 4.69) is 0 Å². The molecule has 1 N–H and O–H groups in total. The lowest BCUT2D eigenvalue weighted by molar-refractivity contribution is -0.392. The van der Waals surface area contributed by atoms with Crippen LogP contribution >= 0.6 is 23.2 Å². The predicted molar refractivity (Wildman–Crippen MR) is 170 cm³/mol. The van der Waals surface area contributed by atoms with Gasteiger partial charge in [-0.25, -0.2) is 4.90 Å². The van der Waals surface area contributed by atoms with Crippen LogP contribution in [0, 0.1) is 51.8 Å². The summed E-state index contributed by atoms with van der Waals surface area (Å²) in [4.78, 5) is 76.8. The van der Waals surface area contributed by atoms with Crippen LogP contribution in [-0.4, -0.2) is 74.4 Å². The van der Waals surface area contributed by atoms with Gasteiger partial charge >= 0.3 is 11.4 Å². The van der Waals surface area contributed by atoms with Crippen LogP contribution in [0.3, 0.4) is 0 Å². The minimum absolute atomic E-state index is 0.0182. The van der Waals surface area contributed by atoms with Gasteiger partial charge in [-0.3, -0.25) is 44.3 Å². The number of phenols is 1. The standard InChI is InChI=1S/C31H29Cl2N5O9/c1-13-8-15(9-14(2)25(13)39)23-17-6-7-18-22(19(17)12-30(32)28(42)35(5)29(43)31(23,30)33)27(41)36(26(18)40)16-10-20(37(44)45)24(34(3)4)21(11-16)38(46)47/h6,8-11,18-19,22-23,39H,7,12H2,1-5H3/t18-,19+,22-,23-,30+,31-/m0/s1. The van der Waals surface area contributed by atoms with E-state index in [4.69, 9.17) is 23.2 Å². The number of imide groups is 2. The number of rotatable bonds is 5. The molecule has 2 aliphatic carbocycles. The number of allylic oxidation sites excluding steroid dienone is 2. The lowest BCUT2D eigenvalue weighted by atomic mass is 9.56. The second-order valence-electron chi connectivity index (χ2n) is 12.8. The third kappa shape index (κ3) is 4.16. The summed E-state index contributed by atoms with van der Waals surface area (Å²) in [5.74, 6) is -7.00. The molecular weight excluding hydrogens is 657 g/mol. The first-order valence-corrected chi connectivity index (χ1v) is 15.4. The first-order chi connectivity index (χ1) is 21.9. The number of fused-ring (bicyclic) bond motifs is 4. The van der Waals surface area contributed by atoms with E-state index in [1.807, 2.05) is 0 Å². The van der Waals surface area contributed by atoms with Crippen molar-refractivity contribution in [2.45, 2.75) is 42.4 Å². The van der Waals surface area contributed by atoms with Crippen molar-refractivity contribution in [2.24, 2.45) is 17.8 Å². The number of nitro benzene ring substituents is 2. The second-order valence-corrected chi connectivity index (χ2v) is 14.0. The monoisotopic (exact) mass is 685 g/mol. The maximum absolute atomic E-state index is 14.3. The number of hydrogen-bond donors (Lipinski definition) is 1. The minimum atomic E-state index is -2.03. The third-order valence-corrected chi connectivity index (χ3v) is 11.4. The molecule has 2 aliphatic heterocycles. The van der Waals surface area contributed by atoms with E-state index in [0.29, 0.717) is 22.3 Å². The molecule has 16 heteroatoms. The van der Waals surface area contributed by atoms with Crippen molar-refractivity contribution in [1.82, 2.24) is 4.90 Å². The number of halogens is 2. The molecule has 4 amide bonds.